The van der Waals surface area contributed by atoms with Crippen LogP contribution in [0.1, 0.15) is 31.4 Å². The summed E-state index contributed by atoms with van der Waals surface area (Å²) in [5.41, 5.74) is 2.81. The largest absolute Gasteiger partial charge is 0.493 e. The van der Waals surface area contributed by atoms with Crippen LogP contribution < -0.4 is 14.4 Å². The lowest BCUT2D eigenvalue weighted by atomic mass is 10.1. The topological polar surface area (TPSA) is 113 Å². The van der Waals surface area contributed by atoms with Crippen molar-refractivity contribution in [3.05, 3.63) is 52.5 Å². The van der Waals surface area contributed by atoms with Crippen molar-refractivity contribution in [2.75, 3.05) is 18.6 Å². The third kappa shape index (κ3) is 4.31. The lowest BCUT2D eigenvalue weighted by molar-refractivity contribution is 0.216. The molecule has 178 valence electrons. The molecule has 0 saturated carbocycles. The first-order valence-electron chi connectivity index (χ1n) is 11.0. The summed E-state index contributed by atoms with van der Waals surface area (Å²) in [6.07, 6.45) is 7.81. The Morgan fingerprint density at radius 1 is 1.14 bits per heavy atom. The van der Waals surface area contributed by atoms with Crippen molar-refractivity contribution in [2.45, 2.75) is 31.9 Å². The Kier molecular flexibility index (Phi) is 6.32. The number of nitrogens with zero attached hydrogens (tertiary/aromatic N) is 6. The van der Waals surface area contributed by atoms with Gasteiger partial charge in [0.1, 0.15) is 17.8 Å². The Bertz CT molecular complexity index is 1400. The van der Waals surface area contributed by atoms with Gasteiger partial charge in [0, 0.05) is 53.9 Å². The van der Waals surface area contributed by atoms with E-state index >= 15 is 0 Å². The number of ether oxygens (including phenoxy) is 2. The molecule has 35 heavy (non-hydrogen) atoms. The number of hydrogen-bond donors (Lipinski definition) is 1. The summed E-state index contributed by atoms with van der Waals surface area (Å²) < 4.78 is 11.8. The van der Waals surface area contributed by atoms with Crippen LogP contribution in [0.3, 0.4) is 0 Å². The number of nitrogens with one attached hydrogen (secondary N) is 1. The van der Waals surface area contributed by atoms with E-state index in [1.54, 1.807) is 19.5 Å². The van der Waals surface area contributed by atoms with Crippen molar-refractivity contribution >= 4 is 40.1 Å². The maximum absolute atomic E-state index is 9.35. The van der Waals surface area contributed by atoms with E-state index < -0.39 is 6.10 Å². The van der Waals surface area contributed by atoms with Crippen LogP contribution in [0.25, 0.3) is 22.2 Å². The summed E-state index contributed by atoms with van der Waals surface area (Å²) in [6.45, 7) is 2.62. The maximum atomic E-state index is 9.35. The molecular formula is C24H21Cl2N7O2. The van der Waals surface area contributed by atoms with E-state index in [1.165, 1.54) is 12.4 Å². The third-order valence-electron chi connectivity index (χ3n) is 6.02. The quantitative estimate of drug-likeness (QED) is 0.369. The molecule has 0 unspecified atom stereocenters. The number of aromatic amines is 1. The fraction of sp³-hybridized carbons (Fsp3) is 0.292. The normalized spacial score (nSPS) is 16.3. The SMILES string of the molecule is COc1cc2[nH]nc(-c3cnc(N4CCC[C@@H]4C#N)nc3)c2cc1O[C@H](C)c1c(Cl)cncc1Cl. The molecule has 0 aliphatic carbocycles. The van der Waals surface area contributed by atoms with Crippen LogP contribution in [-0.4, -0.2) is 44.8 Å². The molecule has 0 radical (unpaired) electrons. The molecule has 1 N–H and O–H groups in total. The number of pyridine rings is 1. The molecule has 4 heterocycles. The van der Waals surface area contributed by atoms with Crippen molar-refractivity contribution in [1.29, 1.82) is 5.26 Å². The van der Waals surface area contributed by atoms with Gasteiger partial charge in [-0.05, 0) is 25.8 Å². The fourth-order valence-electron chi connectivity index (χ4n) is 4.29. The third-order valence-corrected chi connectivity index (χ3v) is 6.62. The van der Waals surface area contributed by atoms with Gasteiger partial charge in [-0.1, -0.05) is 23.2 Å². The molecule has 4 aromatic rings. The Labute approximate surface area is 211 Å². The Morgan fingerprint density at radius 2 is 1.89 bits per heavy atom. The van der Waals surface area contributed by atoms with E-state index in [-0.39, 0.29) is 6.04 Å². The highest BCUT2D eigenvalue weighted by molar-refractivity contribution is 6.35. The number of rotatable bonds is 6. The van der Waals surface area contributed by atoms with Crippen molar-refractivity contribution < 1.29 is 9.47 Å². The van der Waals surface area contributed by atoms with Crippen LogP contribution >= 0.6 is 23.2 Å². The second kappa shape index (κ2) is 9.56. The van der Waals surface area contributed by atoms with Crippen LogP contribution in [-0.2, 0) is 0 Å². The number of anilines is 1. The molecule has 0 spiro atoms. The van der Waals surface area contributed by atoms with E-state index in [0.717, 1.165) is 35.9 Å². The number of aromatic nitrogens is 5. The zero-order chi connectivity index (χ0) is 24.5. The Hall–Kier alpha value is -3.61. The molecule has 5 rings (SSSR count). The number of halogens is 2. The summed E-state index contributed by atoms with van der Waals surface area (Å²) in [6, 6.07) is 5.80. The molecule has 9 nitrogen and oxygen atoms in total. The van der Waals surface area contributed by atoms with Crippen LogP contribution in [0.15, 0.2) is 36.9 Å². The lowest BCUT2D eigenvalue weighted by Crippen LogP contribution is -2.29. The van der Waals surface area contributed by atoms with Gasteiger partial charge in [-0.15, -0.1) is 0 Å². The minimum Gasteiger partial charge on any atom is -0.493 e. The number of hydrogen-bond acceptors (Lipinski definition) is 8. The molecule has 1 aliphatic rings. The second-order valence-corrected chi connectivity index (χ2v) is 8.96. The first-order chi connectivity index (χ1) is 17.0. The van der Waals surface area contributed by atoms with Crippen molar-refractivity contribution in [3.63, 3.8) is 0 Å². The molecule has 1 aromatic carbocycles. The van der Waals surface area contributed by atoms with E-state index in [1.807, 2.05) is 24.0 Å². The van der Waals surface area contributed by atoms with Gasteiger partial charge in [0.25, 0.3) is 0 Å². The highest BCUT2D eigenvalue weighted by Crippen LogP contribution is 2.40. The molecule has 1 aliphatic heterocycles. The van der Waals surface area contributed by atoms with E-state index in [2.05, 4.69) is 31.2 Å². The smallest absolute Gasteiger partial charge is 0.226 e. The number of nitriles is 1. The summed E-state index contributed by atoms with van der Waals surface area (Å²) in [7, 11) is 1.57. The maximum Gasteiger partial charge on any atom is 0.226 e. The highest BCUT2D eigenvalue weighted by Gasteiger charge is 2.26. The Balaban J connectivity index is 1.48. The van der Waals surface area contributed by atoms with Crippen molar-refractivity contribution in [3.8, 4) is 28.8 Å². The number of benzene rings is 1. The minimum atomic E-state index is -0.462. The molecular weight excluding hydrogens is 489 g/mol. The fourth-order valence-corrected chi connectivity index (χ4v) is 4.96. The molecule has 11 heteroatoms. The molecule has 2 atom stereocenters. The van der Waals surface area contributed by atoms with E-state index in [0.29, 0.717) is 38.8 Å². The first-order valence-corrected chi connectivity index (χ1v) is 11.8. The van der Waals surface area contributed by atoms with Gasteiger partial charge >= 0.3 is 0 Å². The lowest BCUT2D eigenvalue weighted by Gasteiger charge is -2.19. The highest BCUT2D eigenvalue weighted by atomic mass is 35.5. The van der Waals surface area contributed by atoms with Crippen molar-refractivity contribution in [2.24, 2.45) is 0 Å². The number of methoxy groups -OCH3 is 1. The molecule has 0 bridgehead atoms. The minimum absolute atomic E-state index is 0.191. The summed E-state index contributed by atoms with van der Waals surface area (Å²) in [5.74, 6) is 1.58. The van der Waals surface area contributed by atoms with Crippen molar-refractivity contribution in [1.82, 2.24) is 25.1 Å². The van der Waals surface area contributed by atoms with Gasteiger partial charge in [-0.3, -0.25) is 10.1 Å². The first kappa shape index (κ1) is 23.1. The zero-order valence-electron chi connectivity index (χ0n) is 19.0. The van der Waals surface area contributed by atoms with E-state index in [9.17, 15) is 5.26 Å². The molecule has 1 saturated heterocycles. The second-order valence-electron chi connectivity index (χ2n) is 8.15. The van der Waals surface area contributed by atoms with Gasteiger partial charge < -0.3 is 14.4 Å². The van der Waals surface area contributed by atoms with Gasteiger partial charge in [-0.2, -0.15) is 10.4 Å². The van der Waals surface area contributed by atoms with Crippen LogP contribution in [0, 0.1) is 11.3 Å². The van der Waals surface area contributed by atoms with Crippen LogP contribution in [0.4, 0.5) is 5.95 Å². The standard InChI is InChI=1S/C24H21Cl2N7O2/c1-13(22-17(25)11-28-12-18(22)26)35-21-6-16-19(7-20(21)34-2)31-32-23(16)14-9-29-24(30-10-14)33-5-3-4-15(33)8-27/h6-7,9-13,15H,3-5H2,1-2H3,(H,31,32)/t13-,15-/m1/s1. The summed E-state index contributed by atoms with van der Waals surface area (Å²) in [4.78, 5) is 14.9. The van der Waals surface area contributed by atoms with Crippen LogP contribution in [0.2, 0.25) is 10.0 Å². The summed E-state index contributed by atoms with van der Waals surface area (Å²) in [5, 5.41) is 18.5. The number of H-pyrrole nitrogens is 1. The Morgan fingerprint density at radius 3 is 2.57 bits per heavy atom. The monoisotopic (exact) mass is 509 g/mol. The van der Waals surface area contributed by atoms with E-state index in [4.69, 9.17) is 32.7 Å². The average molecular weight is 510 g/mol. The van der Waals surface area contributed by atoms with Gasteiger partial charge in [0.2, 0.25) is 5.95 Å². The van der Waals surface area contributed by atoms with Crippen LogP contribution in [0.5, 0.6) is 11.5 Å². The average Bonchev–Trinajstić information content (AvgIpc) is 3.50. The van der Waals surface area contributed by atoms with Gasteiger partial charge in [0.05, 0.1) is 28.7 Å². The zero-order valence-corrected chi connectivity index (χ0v) is 20.5. The molecule has 3 aromatic heterocycles. The predicted molar refractivity (Wildman–Crippen MR) is 133 cm³/mol. The number of fused-ring (bicyclic) bond motifs is 1. The molecule has 0 amide bonds. The molecule has 1 fully saturated rings. The van der Waals surface area contributed by atoms with Gasteiger partial charge in [-0.25, -0.2) is 9.97 Å². The van der Waals surface area contributed by atoms with Gasteiger partial charge in [0.15, 0.2) is 11.5 Å². The summed E-state index contributed by atoms with van der Waals surface area (Å²) >= 11 is 12.6. The predicted octanol–water partition coefficient (Wildman–Crippen LogP) is 5.36.